The Kier molecular flexibility index (Phi) is 20.6. The smallest absolute Gasteiger partial charge is 0.316 e. The summed E-state index contributed by atoms with van der Waals surface area (Å²) in [5.74, 6) is -0.789. The van der Waals surface area contributed by atoms with E-state index >= 15 is 0 Å². The van der Waals surface area contributed by atoms with Crippen LogP contribution in [0, 0.1) is 5.92 Å². The summed E-state index contributed by atoms with van der Waals surface area (Å²) in [4.78, 5) is 45.5. The molecule has 52 heavy (non-hydrogen) atoms. The zero-order valence-corrected chi connectivity index (χ0v) is 32.7. The summed E-state index contributed by atoms with van der Waals surface area (Å²) in [5, 5.41) is 9.75. The van der Waals surface area contributed by atoms with Gasteiger partial charge in [-0.05, 0) is 64.7 Å². The predicted molar refractivity (Wildman–Crippen MR) is 205 cm³/mol. The molecule has 0 aromatic carbocycles. The first-order chi connectivity index (χ1) is 25.2. The van der Waals surface area contributed by atoms with Crippen LogP contribution in [0.5, 0.6) is 0 Å². The number of aliphatic imine (C=N–C) groups is 1. The normalized spacial score (nSPS) is 24.8. The van der Waals surface area contributed by atoms with Crippen molar-refractivity contribution in [3.8, 4) is 0 Å². The van der Waals surface area contributed by atoms with Crippen molar-refractivity contribution in [1.82, 2.24) is 4.90 Å². The van der Waals surface area contributed by atoms with Crippen LogP contribution in [-0.2, 0) is 33.3 Å². The number of esters is 2. The van der Waals surface area contributed by atoms with Gasteiger partial charge in [0, 0.05) is 25.3 Å². The van der Waals surface area contributed by atoms with Crippen LogP contribution in [0.2, 0.25) is 0 Å². The van der Waals surface area contributed by atoms with Crippen molar-refractivity contribution in [3.63, 3.8) is 0 Å². The van der Waals surface area contributed by atoms with Gasteiger partial charge in [-0.3, -0.25) is 14.4 Å². The molecule has 1 N–H and O–H groups in total. The molecule has 0 amide bonds. The van der Waals surface area contributed by atoms with E-state index in [9.17, 15) is 19.5 Å². The molecule has 1 spiro atoms. The Labute approximate surface area is 314 Å². The van der Waals surface area contributed by atoms with Crippen molar-refractivity contribution in [3.05, 3.63) is 24.8 Å². The highest BCUT2D eigenvalue weighted by atomic mass is 16.6. The number of allylic oxidation sites excluding steroid dienone is 1. The molecule has 0 aliphatic carbocycles. The number of Topliss-reactive ketones (excluding diaryl/α,β-unsaturated/α-hetero) is 1. The maximum Gasteiger partial charge on any atom is 0.316 e. The van der Waals surface area contributed by atoms with Crippen LogP contribution < -0.4 is 0 Å². The molecule has 3 heterocycles. The summed E-state index contributed by atoms with van der Waals surface area (Å²) < 4.78 is 23.4. The number of amidine groups is 1. The quantitative estimate of drug-likeness (QED) is 0.0530. The lowest BCUT2D eigenvalue weighted by molar-refractivity contribution is -0.192. The number of aliphatic hydroxyl groups is 1. The van der Waals surface area contributed by atoms with Crippen LogP contribution >= 0.6 is 0 Å². The third kappa shape index (κ3) is 14.6. The molecule has 10 nitrogen and oxygen atoms in total. The molecule has 0 saturated carbocycles. The molecule has 0 unspecified atom stereocenters. The Morgan fingerprint density at radius 1 is 0.962 bits per heavy atom. The molecule has 2 saturated heterocycles. The fourth-order valence-electron chi connectivity index (χ4n) is 8.04. The minimum Gasteiger partial charge on any atom is -0.468 e. The van der Waals surface area contributed by atoms with Crippen LogP contribution in [0.25, 0.3) is 0 Å². The first-order valence-corrected chi connectivity index (χ1v) is 20.6. The number of aliphatic hydroxyl groups excluding tert-OH is 1. The first kappa shape index (κ1) is 43.7. The topological polar surface area (TPSA) is 124 Å². The van der Waals surface area contributed by atoms with Crippen molar-refractivity contribution in [2.75, 3.05) is 20.3 Å². The van der Waals surface area contributed by atoms with E-state index in [1.807, 2.05) is 19.9 Å². The van der Waals surface area contributed by atoms with Crippen molar-refractivity contribution in [1.29, 1.82) is 0 Å². The number of ketones is 1. The number of fused-ring (bicyclic) bond motifs is 1. The Morgan fingerprint density at radius 2 is 1.62 bits per heavy atom. The molecule has 3 aliphatic heterocycles. The van der Waals surface area contributed by atoms with E-state index in [4.69, 9.17) is 23.9 Å². The lowest BCUT2D eigenvalue weighted by atomic mass is 9.80. The van der Waals surface area contributed by atoms with Crippen LogP contribution in [0.15, 0.2) is 29.8 Å². The predicted octanol–water partition coefficient (Wildman–Crippen LogP) is 8.54. The van der Waals surface area contributed by atoms with Crippen LogP contribution in [0.1, 0.15) is 162 Å². The number of unbranched alkanes of at least 4 members (excludes halogenated alkanes) is 12. The molecule has 6 atom stereocenters. The van der Waals surface area contributed by atoms with Crippen molar-refractivity contribution < 1.29 is 38.4 Å². The number of hydrogen-bond donors (Lipinski definition) is 1. The molecule has 10 heteroatoms. The number of methoxy groups -OCH3 is 1. The molecule has 2 fully saturated rings. The van der Waals surface area contributed by atoms with E-state index in [-0.39, 0.29) is 35.9 Å². The molecule has 0 radical (unpaired) electrons. The van der Waals surface area contributed by atoms with Crippen molar-refractivity contribution in [2.24, 2.45) is 10.9 Å². The van der Waals surface area contributed by atoms with Gasteiger partial charge in [0.2, 0.25) is 0 Å². The number of carbonyl (C=O) groups is 3. The zero-order chi connectivity index (χ0) is 37.6. The van der Waals surface area contributed by atoms with Gasteiger partial charge in [0.05, 0.1) is 32.0 Å². The average molecular weight is 731 g/mol. The fraction of sp³-hybridized carbons (Fsp3) is 0.810. The largest absolute Gasteiger partial charge is 0.468 e. The maximum atomic E-state index is 13.9. The number of ether oxygens (including phenoxy) is 4. The van der Waals surface area contributed by atoms with E-state index in [1.165, 1.54) is 51.4 Å². The molecule has 3 aliphatic rings. The second-order valence-electron chi connectivity index (χ2n) is 15.1. The van der Waals surface area contributed by atoms with Crippen LogP contribution in [0.3, 0.4) is 0 Å². The fourth-order valence-corrected chi connectivity index (χ4v) is 8.04. The SMILES string of the molecule is C=CCOC(=O)CCCCCCCCCCCCCCCOC(=O)[C@@H]1[C@H]2CC[C@@H](CC(=O)CC/C=C/[C@@H](O)CC)N2C(OC)=N[C@@]12CCC[C@@H](C)O2. The zero-order valence-electron chi connectivity index (χ0n) is 32.7. The van der Waals surface area contributed by atoms with E-state index in [1.54, 1.807) is 19.3 Å². The van der Waals surface area contributed by atoms with Gasteiger partial charge in [0.1, 0.15) is 18.3 Å². The molecular formula is C42H70N2O8. The van der Waals surface area contributed by atoms with Crippen molar-refractivity contribution in [2.45, 2.75) is 192 Å². The van der Waals surface area contributed by atoms with E-state index in [0.29, 0.717) is 57.8 Å². The number of nitrogens with zero attached hydrogens (tertiary/aromatic N) is 2. The lowest BCUT2D eigenvalue weighted by Gasteiger charge is -2.49. The monoisotopic (exact) mass is 731 g/mol. The summed E-state index contributed by atoms with van der Waals surface area (Å²) in [6, 6.07) is 0.174. The Balaban J connectivity index is 1.37. The van der Waals surface area contributed by atoms with Gasteiger partial charge in [0.25, 0.3) is 6.02 Å². The molecule has 0 bridgehead atoms. The summed E-state index contributed by atoms with van der Waals surface area (Å²) >= 11 is 0. The second kappa shape index (κ2) is 24.6. The van der Waals surface area contributed by atoms with Gasteiger partial charge < -0.3 is 29.0 Å². The third-order valence-electron chi connectivity index (χ3n) is 10.9. The van der Waals surface area contributed by atoms with Gasteiger partial charge in [-0.15, -0.1) is 0 Å². The Morgan fingerprint density at radius 3 is 2.23 bits per heavy atom. The van der Waals surface area contributed by atoms with Gasteiger partial charge in [-0.1, -0.05) is 102 Å². The highest BCUT2D eigenvalue weighted by molar-refractivity contribution is 5.84. The van der Waals surface area contributed by atoms with Gasteiger partial charge >= 0.3 is 11.9 Å². The lowest BCUT2D eigenvalue weighted by Crippen LogP contribution is -2.62. The highest BCUT2D eigenvalue weighted by Gasteiger charge is 2.59. The van der Waals surface area contributed by atoms with Crippen molar-refractivity contribution >= 4 is 23.7 Å². The molecule has 3 rings (SSSR count). The summed E-state index contributed by atoms with van der Waals surface area (Å²) in [7, 11) is 1.61. The highest BCUT2D eigenvalue weighted by Crippen LogP contribution is 2.47. The van der Waals surface area contributed by atoms with Crippen LogP contribution in [-0.4, -0.2) is 84.1 Å². The molecule has 296 valence electrons. The minimum atomic E-state index is -1.01. The van der Waals surface area contributed by atoms with E-state index in [0.717, 1.165) is 57.8 Å². The van der Waals surface area contributed by atoms with E-state index < -0.39 is 17.7 Å². The second-order valence-corrected chi connectivity index (χ2v) is 15.1. The minimum absolute atomic E-state index is 0.0214. The third-order valence-corrected chi connectivity index (χ3v) is 10.9. The molecule has 0 aromatic heterocycles. The summed E-state index contributed by atoms with van der Waals surface area (Å²) in [6.45, 7) is 8.22. The number of rotatable bonds is 26. The van der Waals surface area contributed by atoms with Gasteiger partial charge in [-0.25, -0.2) is 0 Å². The average Bonchev–Trinajstić information content (AvgIpc) is 3.54. The Bertz CT molecular complexity index is 1140. The van der Waals surface area contributed by atoms with Gasteiger partial charge in [-0.2, -0.15) is 4.99 Å². The maximum absolute atomic E-state index is 13.9. The number of hydrogen-bond acceptors (Lipinski definition) is 10. The first-order valence-electron chi connectivity index (χ1n) is 20.6. The van der Waals surface area contributed by atoms with E-state index in [2.05, 4.69) is 11.5 Å². The Hall–Kier alpha value is -2.72. The number of carbonyl (C=O) groups excluding carboxylic acids is 3. The summed E-state index contributed by atoms with van der Waals surface area (Å²) in [5.41, 5.74) is -1.01. The van der Waals surface area contributed by atoms with Gasteiger partial charge in [0.15, 0.2) is 5.72 Å². The summed E-state index contributed by atoms with van der Waals surface area (Å²) in [6.07, 6.45) is 26.2. The molecular weight excluding hydrogens is 660 g/mol. The standard InChI is InChI=1S/C42H70N2O8/c1-5-30-50-38(47)26-18-16-14-12-10-8-7-9-11-13-15-17-21-31-51-40(48)39-37-28-27-34(32-36(46)25-20-19-24-35(45)6-2)44(37)41(49-4)43-42(39)29-22-23-33(3)52-42/h5,19,24,33-35,37,39,45H,1,6-18,20-23,25-32H2,2-4H3/b24-19+/t33-,34+,35+,37-,39+,42-/m1/s1. The molecule has 0 aromatic rings. The van der Waals surface area contributed by atoms with Crippen LogP contribution in [0.4, 0.5) is 0 Å².